The summed E-state index contributed by atoms with van der Waals surface area (Å²) in [5, 5.41) is 36.6. The van der Waals surface area contributed by atoms with E-state index in [0.29, 0.717) is 30.0 Å². The Morgan fingerprint density at radius 3 is 1.48 bits per heavy atom. The number of rotatable bonds is 5. The zero-order chi connectivity index (χ0) is 20.6. The number of benzene rings is 2. The second kappa shape index (κ2) is 8.34. The number of hydrogen-bond acceptors (Lipinski definition) is 7. The van der Waals surface area contributed by atoms with Gasteiger partial charge in [-0.15, -0.1) is 0 Å². The van der Waals surface area contributed by atoms with Gasteiger partial charge in [0.25, 0.3) is 5.69 Å². The lowest BCUT2D eigenvalue weighted by atomic mass is 10.2. The Balaban J connectivity index is 2.82. The van der Waals surface area contributed by atoms with E-state index in [2.05, 4.69) is 69.0 Å². The third-order valence-corrected chi connectivity index (χ3v) is 8.22. The van der Waals surface area contributed by atoms with E-state index in [1.165, 1.54) is 0 Å². The van der Waals surface area contributed by atoms with Crippen LogP contribution >= 0.6 is 75.3 Å². The lowest BCUT2D eigenvalue weighted by Gasteiger charge is -2.15. The minimum absolute atomic E-state index is 0.165. The Morgan fingerprint density at radius 2 is 1.15 bits per heavy atom. The molecule has 10 nitrogen and oxygen atoms in total. The predicted molar refractivity (Wildman–Crippen MR) is 112 cm³/mol. The maximum atomic E-state index is 11.4. The summed E-state index contributed by atoms with van der Waals surface area (Å²) in [6.45, 7) is 0. The smallest absolute Gasteiger partial charge is 0.306 e. The number of halogens is 5. The summed E-state index contributed by atoms with van der Waals surface area (Å²) in [7, 11) is 0. The van der Waals surface area contributed by atoms with Crippen LogP contribution in [0.5, 0.6) is 0 Å². The maximum Gasteiger partial charge on any atom is 0.306 e. The molecule has 142 valence electrons. The molecule has 0 radical (unpaired) electrons. The minimum atomic E-state index is -0.954. The molecule has 0 aromatic heterocycles. The van der Waals surface area contributed by atoms with Crippen LogP contribution in [-0.2, 0) is 0 Å². The first-order chi connectivity index (χ1) is 12.5. The number of anilines is 2. The standard InChI is InChI=1S/C12H3Br4ClN4O6/c13-6-8(15)12(9(16)7(14)10(6)17)18-11-4(20(24)25)1-3(19(22)23)2-5(11)21(26)27/h1-2,18H. The molecule has 0 heterocycles. The molecule has 2 rings (SSSR count). The lowest BCUT2D eigenvalue weighted by molar-refractivity contribution is -0.401. The SMILES string of the molecule is O=[N+]([O-])c1cc([N+](=O)[O-])c(Nc2c(Br)c(Br)c(Cl)c(Br)c2Br)c([N+](=O)[O-])c1. The van der Waals surface area contributed by atoms with Crippen LogP contribution in [0.15, 0.2) is 30.0 Å². The van der Waals surface area contributed by atoms with Gasteiger partial charge in [0, 0.05) is 0 Å². The second-order valence-corrected chi connectivity index (χ2v) is 8.25. The summed E-state index contributed by atoms with van der Waals surface area (Å²) >= 11 is 19.0. The van der Waals surface area contributed by atoms with Gasteiger partial charge >= 0.3 is 11.4 Å². The monoisotopic (exact) mass is 650 g/mol. The first-order valence-electron chi connectivity index (χ1n) is 6.37. The first-order valence-corrected chi connectivity index (χ1v) is 9.92. The van der Waals surface area contributed by atoms with Crippen molar-refractivity contribution in [2.45, 2.75) is 0 Å². The summed E-state index contributed by atoms with van der Waals surface area (Å²) in [5.41, 5.74) is -2.82. The van der Waals surface area contributed by atoms with Gasteiger partial charge in [0.15, 0.2) is 5.69 Å². The molecule has 0 amide bonds. The van der Waals surface area contributed by atoms with Crippen molar-refractivity contribution in [3.63, 3.8) is 0 Å². The van der Waals surface area contributed by atoms with E-state index in [4.69, 9.17) is 11.6 Å². The van der Waals surface area contributed by atoms with E-state index in [-0.39, 0.29) is 10.7 Å². The molecule has 0 saturated carbocycles. The largest absolute Gasteiger partial charge is 0.342 e. The van der Waals surface area contributed by atoms with Crippen molar-refractivity contribution in [1.82, 2.24) is 0 Å². The third kappa shape index (κ3) is 4.23. The van der Waals surface area contributed by atoms with Crippen LogP contribution in [0.1, 0.15) is 0 Å². The predicted octanol–water partition coefficient (Wildman–Crippen LogP) is 6.86. The van der Waals surface area contributed by atoms with Gasteiger partial charge in [-0.25, -0.2) is 0 Å². The highest BCUT2D eigenvalue weighted by Gasteiger charge is 2.32. The van der Waals surface area contributed by atoms with E-state index in [1.54, 1.807) is 0 Å². The molecule has 0 bridgehead atoms. The molecule has 0 atom stereocenters. The van der Waals surface area contributed by atoms with Gasteiger partial charge < -0.3 is 5.32 Å². The fourth-order valence-electron chi connectivity index (χ4n) is 1.96. The van der Waals surface area contributed by atoms with Crippen molar-refractivity contribution in [3.8, 4) is 0 Å². The Bertz CT molecular complexity index is 954. The fourth-order valence-corrected chi connectivity index (χ4v) is 4.69. The van der Waals surface area contributed by atoms with Gasteiger partial charge in [-0.3, -0.25) is 30.3 Å². The van der Waals surface area contributed by atoms with Crippen molar-refractivity contribution in [3.05, 3.63) is 65.4 Å². The average molecular weight is 654 g/mol. The van der Waals surface area contributed by atoms with Crippen molar-refractivity contribution >= 4 is 104 Å². The first kappa shape index (κ1) is 21.9. The van der Waals surface area contributed by atoms with Crippen molar-refractivity contribution in [1.29, 1.82) is 0 Å². The molecule has 0 unspecified atom stereocenters. The number of hydrogen-bond donors (Lipinski definition) is 1. The van der Waals surface area contributed by atoms with Crippen LogP contribution in [0, 0.1) is 30.3 Å². The molecule has 27 heavy (non-hydrogen) atoms. The van der Waals surface area contributed by atoms with E-state index in [9.17, 15) is 30.3 Å². The third-order valence-electron chi connectivity index (χ3n) is 3.15. The molecule has 1 N–H and O–H groups in total. The van der Waals surface area contributed by atoms with Gasteiger partial charge in [0.1, 0.15) is 0 Å². The normalized spacial score (nSPS) is 10.6. The number of nitrogens with zero attached hydrogens (tertiary/aromatic N) is 3. The zero-order valence-corrected chi connectivity index (χ0v) is 19.4. The molecule has 0 fully saturated rings. The summed E-state index contributed by atoms with van der Waals surface area (Å²) < 4.78 is 1.36. The van der Waals surface area contributed by atoms with Crippen molar-refractivity contribution < 1.29 is 14.8 Å². The van der Waals surface area contributed by atoms with Crippen molar-refractivity contribution in [2.24, 2.45) is 0 Å². The summed E-state index contributed by atoms with van der Waals surface area (Å²) in [6, 6.07) is 1.27. The number of nitro benzene ring substituents is 3. The maximum absolute atomic E-state index is 11.4. The Kier molecular flexibility index (Phi) is 6.78. The number of non-ortho nitro benzene ring substituents is 1. The number of nitrogens with one attached hydrogen (secondary N) is 1. The van der Waals surface area contributed by atoms with Crippen LogP contribution in [-0.4, -0.2) is 14.8 Å². The Morgan fingerprint density at radius 1 is 0.741 bits per heavy atom. The zero-order valence-electron chi connectivity index (χ0n) is 12.3. The summed E-state index contributed by atoms with van der Waals surface area (Å²) in [6.07, 6.45) is 0. The molecule has 2 aromatic rings. The lowest BCUT2D eigenvalue weighted by Crippen LogP contribution is -2.04. The van der Waals surface area contributed by atoms with Crippen LogP contribution in [0.25, 0.3) is 0 Å². The van der Waals surface area contributed by atoms with E-state index >= 15 is 0 Å². The quantitative estimate of drug-likeness (QED) is 0.161. The molecular weight excluding hydrogens is 651 g/mol. The van der Waals surface area contributed by atoms with Gasteiger partial charge in [0.05, 0.1) is 55.5 Å². The summed E-state index contributed by atoms with van der Waals surface area (Å²) in [4.78, 5) is 30.8. The minimum Gasteiger partial charge on any atom is -0.342 e. The molecule has 0 aliphatic rings. The fraction of sp³-hybridized carbons (Fsp3) is 0. The molecular formula is C12H3Br4ClN4O6. The molecule has 0 saturated heterocycles. The van der Waals surface area contributed by atoms with Crippen molar-refractivity contribution in [2.75, 3.05) is 5.32 Å². The highest BCUT2D eigenvalue weighted by atomic mass is 79.9. The average Bonchev–Trinajstić information content (AvgIpc) is 2.61. The van der Waals surface area contributed by atoms with Crippen LogP contribution in [0.2, 0.25) is 5.02 Å². The second-order valence-electron chi connectivity index (χ2n) is 4.70. The highest BCUT2D eigenvalue weighted by Crippen LogP contribution is 2.50. The molecule has 0 aliphatic heterocycles. The van der Waals surface area contributed by atoms with Crippen LogP contribution < -0.4 is 5.32 Å². The van der Waals surface area contributed by atoms with Gasteiger partial charge in [0.2, 0.25) is 0 Å². The van der Waals surface area contributed by atoms with Gasteiger partial charge in [-0.05, 0) is 63.7 Å². The molecule has 0 aliphatic carbocycles. The molecule has 15 heteroatoms. The highest BCUT2D eigenvalue weighted by molar-refractivity contribution is 9.14. The van der Waals surface area contributed by atoms with E-state index in [1.807, 2.05) is 0 Å². The topological polar surface area (TPSA) is 141 Å². The molecule has 2 aromatic carbocycles. The van der Waals surface area contributed by atoms with Crippen LogP contribution in [0.3, 0.4) is 0 Å². The van der Waals surface area contributed by atoms with Crippen LogP contribution in [0.4, 0.5) is 28.4 Å². The van der Waals surface area contributed by atoms with E-state index < -0.39 is 37.5 Å². The van der Waals surface area contributed by atoms with E-state index in [0.717, 1.165) is 0 Å². The van der Waals surface area contributed by atoms with Gasteiger partial charge in [-0.1, -0.05) is 11.6 Å². The number of nitro groups is 3. The Hall–Kier alpha value is -1.35. The Labute approximate surface area is 188 Å². The van der Waals surface area contributed by atoms with Gasteiger partial charge in [-0.2, -0.15) is 0 Å². The summed E-state index contributed by atoms with van der Waals surface area (Å²) in [5.74, 6) is 0. The molecule has 0 spiro atoms.